The first-order valence-corrected chi connectivity index (χ1v) is 13.4. The zero-order valence-corrected chi connectivity index (χ0v) is 21.1. The van der Waals surface area contributed by atoms with Crippen LogP contribution in [0.4, 0.5) is 0 Å². The van der Waals surface area contributed by atoms with Crippen molar-refractivity contribution in [2.24, 2.45) is 0 Å². The Balaban J connectivity index is 1.53. The van der Waals surface area contributed by atoms with Gasteiger partial charge in [-0.25, -0.2) is 0 Å². The molecule has 182 valence electrons. The van der Waals surface area contributed by atoms with Crippen LogP contribution in [0.15, 0.2) is 133 Å². The number of benzene rings is 6. The van der Waals surface area contributed by atoms with Crippen LogP contribution in [0, 0.1) is 0 Å². The summed E-state index contributed by atoms with van der Waals surface area (Å²) in [4.78, 5) is 3.70. The first-order chi connectivity index (χ1) is 19.4. The zero-order chi connectivity index (χ0) is 25.5. The summed E-state index contributed by atoms with van der Waals surface area (Å²) in [6.45, 7) is 0. The second-order valence-electron chi connectivity index (χ2n) is 10.3. The Kier molecular flexibility index (Phi) is 4.05. The molecule has 0 aliphatic heterocycles. The van der Waals surface area contributed by atoms with E-state index in [1.54, 1.807) is 0 Å². The molecule has 6 aromatic carbocycles. The van der Waals surface area contributed by atoms with E-state index in [2.05, 4.69) is 148 Å². The number of aromatic nitrogens is 3. The smallest absolute Gasteiger partial charge is 0.0724 e. The SMILES string of the molecule is c1ccc2c(c1)[nH]c1cc(-n3c4ccccc4c4ccccc43)c(-n3c4ccccc4c4ccccc43)cc12. The van der Waals surface area contributed by atoms with Gasteiger partial charge in [-0.2, -0.15) is 0 Å². The van der Waals surface area contributed by atoms with Gasteiger partial charge in [0.1, 0.15) is 0 Å². The summed E-state index contributed by atoms with van der Waals surface area (Å²) in [5.74, 6) is 0. The third-order valence-corrected chi connectivity index (χ3v) is 8.24. The van der Waals surface area contributed by atoms with E-state index in [1.807, 2.05) is 0 Å². The van der Waals surface area contributed by atoms with Gasteiger partial charge in [0.05, 0.1) is 33.4 Å². The number of aromatic amines is 1. The van der Waals surface area contributed by atoms with Gasteiger partial charge in [-0.15, -0.1) is 0 Å². The summed E-state index contributed by atoms with van der Waals surface area (Å²) in [6.07, 6.45) is 0. The molecule has 9 aromatic rings. The molecule has 1 N–H and O–H groups in total. The topological polar surface area (TPSA) is 25.6 Å². The summed E-state index contributed by atoms with van der Waals surface area (Å²) in [7, 11) is 0. The highest BCUT2D eigenvalue weighted by Crippen LogP contribution is 2.40. The number of fused-ring (bicyclic) bond motifs is 9. The first-order valence-electron chi connectivity index (χ1n) is 13.4. The van der Waals surface area contributed by atoms with Crippen molar-refractivity contribution in [1.29, 1.82) is 0 Å². The molecule has 3 heteroatoms. The number of rotatable bonds is 2. The van der Waals surface area contributed by atoms with Crippen molar-refractivity contribution < 1.29 is 0 Å². The maximum Gasteiger partial charge on any atom is 0.0724 e. The normalized spacial score (nSPS) is 12.1. The summed E-state index contributed by atoms with van der Waals surface area (Å²) in [5, 5.41) is 7.52. The van der Waals surface area contributed by atoms with Crippen LogP contribution in [0.1, 0.15) is 0 Å². The summed E-state index contributed by atoms with van der Waals surface area (Å²) < 4.78 is 4.89. The molecule has 0 spiro atoms. The monoisotopic (exact) mass is 497 g/mol. The fourth-order valence-electron chi connectivity index (χ4n) is 6.60. The van der Waals surface area contributed by atoms with Crippen LogP contribution in [0.2, 0.25) is 0 Å². The van der Waals surface area contributed by atoms with E-state index in [0.717, 1.165) is 22.4 Å². The van der Waals surface area contributed by atoms with Gasteiger partial charge in [0, 0.05) is 43.4 Å². The minimum absolute atomic E-state index is 1.14. The Hall–Kier alpha value is -5.28. The van der Waals surface area contributed by atoms with Gasteiger partial charge in [-0.05, 0) is 42.5 Å². The molecule has 3 aromatic heterocycles. The predicted octanol–water partition coefficient (Wildman–Crippen LogP) is 9.52. The molecule has 0 aliphatic rings. The van der Waals surface area contributed by atoms with Gasteiger partial charge in [0.15, 0.2) is 0 Å². The highest BCUT2D eigenvalue weighted by atomic mass is 15.1. The fourth-order valence-corrected chi connectivity index (χ4v) is 6.60. The molecule has 3 nitrogen and oxygen atoms in total. The van der Waals surface area contributed by atoms with Gasteiger partial charge >= 0.3 is 0 Å². The lowest BCUT2D eigenvalue weighted by molar-refractivity contribution is 1.10. The van der Waals surface area contributed by atoms with Crippen molar-refractivity contribution in [2.45, 2.75) is 0 Å². The second kappa shape index (κ2) is 7.62. The lowest BCUT2D eigenvalue weighted by atomic mass is 10.1. The summed E-state index contributed by atoms with van der Waals surface area (Å²) in [5.41, 5.74) is 9.43. The van der Waals surface area contributed by atoms with Gasteiger partial charge in [0.2, 0.25) is 0 Å². The fraction of sp³-hybridized carbons (Fsp3) is 0. The van der Waals surface area contributed by atoms with Crippen LogP contribution in [-0.4, -0.2) is 14.1 Å². The molecule has 0 radical (unpaired) electrons. The molecule has 0 amide bonds. The maximum absolute atomic E-state index is 3.70. The molecule has 0 saturated heterocycles. The third kappa shape index (κ3) is 2.76. The van der Waals surface area contributed by atoms with E-state index in [-0.39, 0.29) is 0 Å². The van der Waals surface area contributed by atoms with Crippen molar-refractivity contribution >= 4 is 65.4 Å². The lowest BCUT2D eigenvalue weighted by Crippen LogP contribution is -2.03. The minimum Gasteiger partial charge on any atom is -0.354 e. The van der Waals surface area contributed by atoms with Gasteiger partial charge in [-0.1, -0.05) is 91.0 Å². The predicted molar refractivity (Wildman–Crippen MR) is 164 cm³/mol. The maximum atomic E-state index is 3.70. The van der Waals surface area contributed by atoms with Crippen LogP contribution >= 0.6 is 0 Å². The van der Waals surface area contributed by atoms with Crippen LogP contribution in [0.3, 0.4) is 0 Å². The number of nitrogens with one attached hydrogen (secondary N) is 1. The van der Waals surface area contributed by atoms with Crippen LogP contribution in [-0.2, 0) is 0 Å². The van der Waals surface area contributed by atoms with E-state index in [4.69, 9.17) is 0 Å². The van der Waals surface area contributed by atoms with Crippen molar-refractivity contribution in [3.05, 3.63) is 133 Å². The van der Waals surface area contributed by atoms with Crippen molar-refractivity contribution in [3.8, 4) is 11.4 Å². The molecule has 0 unspecified atom stereocenters. The molecule has 0 aliphatic carbocycles. The second-order valence-corrected chi connectivity index (χ2v) is 10.3. The number of hydrogen-bond acceptors (Lipinski definition) is 0. The highest BCUT2D eigenvalue weighted by molar-refractivity contribution is 6.14. The van der Waals surface area contributed by atoms with Gasteiger partial charge < -0.3 is 14.1 Å². The largest absolute Gasteiger partial charge is 0.354 e. The van der Waals surface area contributed by atoms with Crippen LogP contribution < -0.4 is 0 Å². The molecule has 0 saturated carbocycles. The molecular weight excluding hydrogens is 474 g/mol. The van der Waals surface area contributed by atoms with E-state index in [1.165, 1.54) is 54.4 Å². The average Bonchev–Trinajstić information content (AvgIpc) is 3.64. The molecule has 0 fully saturated rings. The van der Waals surface area contributed by atoms with Gasteiger partial charge in [0.25, 0.3) is 0 Å². The van der Waals surface area contributed by atoms with Crippen molar-refractivity contribution in [1.82, 2.24) is 14.1 Å². The minimum atomic E-state index is 1.14. The summed E-state index contributed by atoms with van der Waals surface area (Å²) >= 11 is 0. The molecular formula is C36H23N3. The number of nitrogens with zero attached hydrogens (tertiary/aromatic N) is 2. The standard InChI is InChI=1S/C36H23N3/c1-6-16-29-23(11-1)28-21-35(38-31-17-7-2-12-24(31)25-13-3-8-18-32(25)38)36(22-30(28)37-29)39-33-19-9-4-14-26(33)27-15-5-10-20-34(27)39/h1-22,37H. The Morgan fingerprint density at radius 3 is 1.21 bits per heavy atom. The van der Waals surface area contributed by atoms with Crippen molar-refractivity contribution in [2.75, 3.05) is 0 Å². The van der Waals surface area contributed by atoms with E-state index >= 15 is 0 Å². The zero-order valence-electron chi connectivity index (χ0n) is 21.1. The van der Waals surface area contributed by atoms with Gasteiger partial charge in [-0.3, -0.25) is 0 Å². The van der Waals surface area contributed by atoms with Crippen LogP contribution in [0.5, 0.6) is 0 Å². The van der Waals surface area contributed by atoms with Crippen molar-refractivity contribution in [3.63, 3.8) is 0 Å². The molecule has 3 heterocycles. The Morgan fingerprint density at radius 1 is 0.333 bits per heavy atom. The number of hydrogen-bond donors (Lipinski definition) is 1. The Bertz CT molecular complexity index is 2290. The highest BCUT2D eigenvalue weighted by Gasteiger charge is 2.20. The quantitative estimate of drug-likeness (QED) is 0.246. The third-order valence-electron chi connectivity index (χ3n) is 8.24. The van der Waals surface area contributed by atoms with E-state index in [9.17, 15) is 0 Å². The van der Waals surface area contributed by atoms with Crippen LogP contribution in [0.25, 0.3) is 76.8 Å². The Morgan fingerprint density at radius 2 is 0.718 bits per heavy atom. The first kappa shape index (κ1) is 20.7. The number of para-hydroxylation sites is 5. The Labute approximate surface area is 224 Å². The average molecular weight is 498 g/mol. The molecule has 9 rings (SSSR count). The lowest BCUT2D eigenvalue weighted by Gasteiger charge is -2.17. The molecule has 39 heavy (non-hydrogen) atoms. The summed E-state index contributed by atoms with van der Waals surface area (Å²) in [6, 6.07) is 48.3. The molecule has 0 atom stereocenters. The number of H-pyrrole nitrogens is 1. The molecule has 0 bridgehead atoms. The van der Waals surface area contributed by atoms with E-state index < -0.39 is 0 Å². The van der Waals surface area contributed by atoms with E-state index in [0.29, 0.717) is 0 Å².